The number of amides is 4. The molecule has 0 bridgehead atoms. The molecule has 5 N–H and O–H groups in total. The van der Waals surface area contributed by atoms with Gasteiger partial charge in [0, 0.05) is 32.2 Å². The van der Waals surface area contributed by atoms with E-state index in [1.165, 1.54) is 0 Å². The van der Waals surface area contributed by atoms with Crippen LogP contribution < -0.4 is 16.8 Å². The standard InChI is InChI=1S/C14H27N5O4/c1-9(11(20)17-12(16)21)19-6-5-18(8-10(19)7-15)13(22)23-14(2,3)4/h9-10H,5-8,15H2,1-4H3,(H3,16,17,20,21). The predicted octanol–water partition coefficient (Wildman–Crippen LogP) is -0.550. The largest absolute Gasteiger partial charge is 0.444 e. The van der Waals surface area contributed by atoms with Crippen molar-refractivity contribution in [1.29, 1.82) is 0 Å². The Hall–Kier alpha value is -1.87. The van der Waals surface area contributed by atoms with Crippen molar-refractivity contribution in [2.75, 3.05) is 26.2 Å². The van der Waals surface area contributed by atoms with E-state index < -0.39 is 29.7 Å². The molecule has 1 aliphatic heterocycles. The summed E-state index contributed by atoms with van der Waals surface area (Å²) in [7, 11) is 0. The van der Waals surface area contributed by atoms with E-state index in [0.717, 1.165) is 0 Å². The molecule has 0 aliphatic carbocycles. The van der Waals surface area contributed by atoms with Gasteiger partial charge in [0.25, 0.3) is 0 Å². The summed E-state index contributed by atoms with van der Waals surface area (Å²) in [5.41, 5.74) is 10.2. The summed E-state index contributed by atoms with van der Waals surface area (Å²) in [5, 5.41) is 2.06. The number of nitrogens with two attached hydrogens (primary N) is 2. The van der Waals surface area contributed by atoms with Gasteiger partial charge >= 0.3 is 12.1 Å². The van der Waals surface area contributed by atoms with Gasteiger partial charge in [-0.25, -0.2) is 9.59 Å². The number of piperazine rings is 1. The second-order valence-electron chi connectivity index (χ2n) is 6.58. The first-order valence-corrected chi connectivity index (χ1v) is 7.59. The Morgan fingerprint density at radius 3 is 2.39 bits per heavy atom. The van der Waals surface area contributed by atoms with E-state index in [0.29, 0.717) is 19.6 Å². The Morgan fingerprint density at radius 1 is 1.30 bits per heavy atom. The van der Waals surface area contributed by atoms with Crippen molar-refractivity contribution in [3.05, 3.63) is 0 Å². The maximum atomic E-state index is 12.1. The van der Waals surface area contributed by atoms with Crippen molar-refractivity contribution in [2.45, 2.75) is 45.4 Å². The number of hydrogen-bond donors (Lipinski definition) is 3. The van der Waals surface area contributed by atoms with Gasteiger partial charge in [-0.3, -0.25) is 15.0 Å². The molecule has 9 heteroatoms. The maximum Gasteiger partial charge on any atom is 0.410 e. The fourth-order valence-electron chi connectivity index (χ4n) is 2.46. The number of carbonyl (C=O) groups excluding carboxylic acids is 3. The number of ether oxygens (including phenoxy) is 1. The van der Waals surface area contributed by atoms with Crippen molar-refractivity contribution >= 4 is 18.0 Å². The summed E-state index contributed by atoms with van der Waals surface area (Å²) in [6, 6.07) is -1.67. The van der Waals surface area contributed by atoms with Crippen LogP contribution in [0.2, 0.25) is 0 Å². The van der Waals surface area contributed by atoms with Gasteiger partial charge in [0.2, 0.25) is 5.91 Å². The molecule has 23 heavy (non-hydrogen) atoms. The molecule has 0 aromatic heterocycles. The van der Waals surface area contributed by atoms with Crippen LogP contribution in [0.25, 0.3) is 0 Å². The van der Waals surface area contributed by atoms with Crippen LogP contribution in [0.15, 0.2) is 0 Å². The van der Waals surface area contributed by atoms with Gasteiger partial charge in [0.1, 0.15) is 5.60 Å². The quantitative estimate of drug-likeness (QED) is 0.637. The first-order valence-electron chi connectivity index (χ1n) is 7.59. The fraction of sp³-hybridized carbons (Fsp3) is 0.786. The topological polar surface area (TPSA) is 131 Å². The fourth-order valence-corrected chi connectivity index (χ4v) is 2.46. The molecule has 1 fully saturated rings. The summed E-state index contributed by atoms with van der Waals surface area (Å²) in [6.45, 7) is 8.58. The van der Waals surface area contributed by atoms with E-state index in [-0.39, 0.29) is 12.6 Å². The summed E-state index contributed by atoms with van der Waals surface area (Å²) in [5.74, 6) is -0.485. The van der Waals surface area contributed by atoms with Crippen LogP contribution in [0.1, 0.15) is 27.7 Å². The summed E-state index contributed by atoms with van der Waals surface area (Å²) < 4.78 is 5.35. The zero-order chi connectivity index (χ0) is 17.8. The first-order chi connectivity index (χ1) is 10.5. The van der Waals surface area contributed by atoms with Crippen LogP contribution in [0.3, 0.4) is 0 Å². The Morgan fingerprint density at radius 2 is 1.91 bits per heavy atom. The van der Waals surface area contributed by atoms with Gasteiger partial charge in [-0.15, -0.1) is 0 Å². The number of urea groups is 1. The molecule has 2 atom stereocenters. The zero-order valence-corrected chi connectivity index (χ0v) is 14.2. The molecule has 1 aliphatic rings. The van der Waals surface area contributed by atoms with E-state index in [4.69, 9.17) is 16.2 Å². The van der Waals surface area contributed by atoms with Gasteiger partial charge in [0.15, 0.2) is 0 Å². The minimum absolute atomic E-state index is 0.204. The van der Waals surface area contributed by atoms with Gasteiger partial charge in [-0.2, -0.15) is 0 Å². The normalized spacial score (nSPS) is 20.7. The third-order valence-electron chi connectivity index (χ3n) is 3.58. The Kier molecular flexibility index (Phi) is 6.34. The van der Waals surface area contributed by atoms with Crippen LogP contribution in [0.5, 0.6) is 0 Å². The van der Waals surface area contributed by atoms with E-state index in [9.17, 15) is 14.4 Å². The molecule has 0 spiro atoms. The van der Waals surface area contributed by atoms with Gasteiger partial charge < -0.3 is 21.1 Å². The van der Waals surface area contributed by atoms with Crippen molar-refractivity contribution < 1.29 is 19.1 Å². The lowest BCUT2D eigenvalue weighted by Crippen LogP contribution is -2.62. The molecule has 4 amide bonds. The lowest BCUT2D eigenvalue weighted by Gasteiger charge is -2.43. The minimum Gasteiger partial charge on any atom is -0.444 e. The molecule has 0 radical (unpaired) electrons. The van der Waals surface area contributed by atoms with Gasteiger partial charge in [-0.1, -0.05) is 0 Å². The predicted molar refractivity (Wildman–Crippen MR) is 84.5 cm³/mol. The Bertz CT molecular complexity index is 463. The van der Waals surface area contributed by atoms with Crippen molar-refractivity contribution in [2.24, 2.45) is 11.5 Å². The molecule has 1 rings (SSSR count). The highest BCUT2D eigenvalue weighted by Gasteiger charge is 2.35. The molecule has 132 valence electrons. The lowest BCUT2D eigenvalue weighted by atomic mass is 10.1. The van der Waals surface area contributed by atoms with E-state index >= 15 is 0 Å². The number of hydrogen-bond acceptors (Lipinski definition) is 6. The molecule has 2 unspecified atom stereocenters. The number of carbonyl (C=O) groups is 3. The maximum absolute atomic E-state index is 12.1. The van der Waals surface area contributed by atoms with Gasteiger partial charge in [0.05, 0.1) is 6.04 Å². The number of imide groups is 1. The SMILES string of the molecule is CC(C(=O)NC(N)=O)N1CCN(C(=O)OC(C)(C)C)CC1CN. The highest BCUT2D eigenvalue weighted by molar-refractivity contribution is 5.96. The molecule has 1 heterocycles. The summed E-state index contributed by atoms with van der Waals surface area (Å²) in [6.07, 6.45) is -0.398. The van der Waals surface area contributed by atoms with Crippen LogP contribution in [0.4, 0.5) is 9.59 Å². The van der Waals surface area contributed by atoms with Crippen LogP contribution in [-0.2, 0) is 9.53 Å². The summed E-state index contributed by atoms with van der Waals surface area (Å²) in [4.78, 5) is 38.3. The van der Waals surface area contributed by atoms with Gasteiger partial charge in [-0.05, 0) is 27.7 Å². The number of primary amides is 1. The molecule has 0 aromatic rings. The molecule has 0 saturated carbocycles. The van der Waals surface area contributed by atoms with E-state index in [2.05, 4.69) is 5.32 Å². The van der Waals surface area contributed by atoms with Crippen molar-refractivity contribution in [3.63, 3.8) is 0 Å². The minimum atomic E-state index is -0.890. The highest BCUT2D eigenvalue weighted by atomic mass is 16.6. The van der Waals surface area contributed by atoms with Crippen LogP contribution in [0, 0.1) is 0 Å². The summed E-state index contributed by atoms with van der Waals surface area (Å²) >= 11 is 0. The van der Waals surface area contributed by atoms with Crippen molar-refractivity contribution in [3.8, 4) is 0 Å². The monoisotopic (exact) mass is 329 g/mol. The number of nitrogens with zero attached hydrogens (tertiary/aromatic N) is 2. The second kappa shape index (κ2) is 7.60. The van der Waals surface area contributed by atoms with E-state index in [1.54, 1.807) is 32.6 Å². The van der Waals surface area contributed by atoms with Crippen LogP contribution in [-0.4, -0.2) is 71.7 Å². The Balaban J connectivity index is 2.70. The zero-order valence-electron chi connectivity index (χ0n) is 14.2. The molecule has 1 saturated heterocycles. The third-order valence-corrected chi connectivity index (χ3v) is 3.58. The van der Waals surface area contributed by atoms with Crippen molar-refractivity contribution in [1.82, 2.24) is 15.1 Å². The smallest absolute Gasteiger partial charge is 0.410 e. The molecule has 0 aromatic carbocycles. The third kappa shape index (κ3) is 5.68. The average molecular weight is 329 g/mol. The highest BCUT2D eigenvalue weighted by Crippen LogP contribution is 2.16. The second-order valence-corrected chi connectivity index (χ2v) is 6.58. The first kappa shape index (κ1) is 19.2. The lowest BCUT2D eigenvalue weighted by molar-refractivity contribution is -0.126. The average Bonchev–Trinajstić information content (AvgIpc) is 2.43. The number of rotatable bonds is 3. The molecular formula is C14H27N5O4. The number of nitrogens with one attached hydrogen (secondary N) is 1. The molecular weight excluding hydrogens is 302 g/mol. The van der Waals surface area contributed by atoms with E-state index in [1.807, 2.05) is 4.90 Å². The Labute approximate surface area is 136 Å². The van der Waals surface area contributed by atoms with Crippen LogP contribution >= 0.6 is 0 Å². The molecule has 9 nitrogen and oxygen atoms in total.